The van der Waals surface area contributed by atoms with Crippen LogP contribution in [0.5, 0.6) is 0 Å². The first-order valence-corrected chi connectivity index (χ1v) is 8.39. The first kappa shape index (κ1) is 17.3. The highest BCUT2D eigenvalue weighted by molar-refractivity contribution is 5.98. The van der Waals surface area contributed by atoms with Gasteiger partial charge >= 0.3 is 0 Å². The number of allylic oxidation sites excluding steroid dienone is 2. The Bertz CT molecular complexity index is 602. The zero-order chi connectivity index (χ0) is 16.8. The molecule has 0 heterocycles. The van der Waals surface area contributed by atoms with Crippen LogP contribution < -0.4 is 10.6 Å². The quantitative estimate of drug-likeness (QED) is 0.802. The number of carbonyl (C=O) groups excluding carboxylic acids is 2. The maximum Gasteiger partial charge on any atom is 0.251 e. The normalized spacial score (nSPS) is 15.7. The molecule has 0 saturated carbocycles. The van der Waals surface area contributed by atoms with Crippen molar-refractivity contribution >= 4 is 17.4 Å². The van der Waals surface area contributed by atoms with Gasteiger partial charge in [0.15, 0.2) is 5.78 Å². The van der Waals surface area contributed by atoms with Crippen LogP contribution in [0.2, 0.25) is 0 Å². The molecule has 0 saturated heterocycles. The van der Waals surface area contributed by atoms with Crippen molar-refractivity contribution < 1.29 is 9.59 Å². The molecular weight excluding hydrogens is 288 g/mol. The molecule has 1 aliphatic carbocycles. The zero-order valence-electron chi connectivity index (χ0n) is 14.2. The third-order valence-corrected chi connectivity index (χ3v) is 4.53. The summed E-state index contributed by atoms with van der Waals surface area (Å²) < 4.78 is 0. The van der Waals surface area contributed by atoms with E-state index in [1.165, 1.54) is 0 Å². The second kappa shape index (κ2) is 7.95. The van der Waals surface area contributed by atoms with Gasteiger partial charge in [0.05, 0.1) is 0 Å². The van der Waals surface area contributed by atoms with Gasteiger partial charge in [0.1, 0.15) is 0 Å². The predicted octanol–water partition coefficient (Wildman–Crippen LogP) is 3.90. The van der Waals surface area contributed by atoms with E-state index < -0.39 is 0 Å². The minimum absolute atomic E-state index is 0.0358. The maximum atomic E-state index is 12.1. The Hall–Kier alpha value is -2.10. The summed E-state index contributed by atoms with van der Waals surface area (Å²) in [7, 11) is 0. The minimum atomic E-state index is -0.0358. The molecule has 0 aliphatic heterocycles. The van der Waals surface area contributed by atoms with E-state index in [1.54, 1.807) is 0 Å². The Morgan fingerprint density at radius 1 is 1.22 bits per heavy atom. The number of hydrogen-bond donors (Lipinski definition) is 2. The van der Waals surface area contributed by atoms with Crippen LogP contribution in [0.15, 0.2) is 35.5 Å². The summed E-state index contributed by atoms with van der Waals surface area (Å²) in [5.41, 5.74) is 3.37. The van der Waals surface area contributed by atoms with Gasteiger partial charge < -0.3 is 10.6 Å². The summed E-state index contributed by atoms with van der Waals surface area (Å²) in [6, 6.07) is 7.39. The van der Waals surface area contributed by atoms with Crippen LogP contribution in [0.1, 0.15) is 56.8 Å². The van der Waals surface area contributed by atoms with Gasteiger partial charge in [-0.05, 0) is 49.9 Å². The van der Waals surface area contributed by atoms with Gasteiger partial charge in [-0.15, -0.1) is 0 Å². The van der Waals surface area contributed by atoms with Crippen molar-refractivity contribution in [1.82, 2.24) is 5.32 Å². The van der Waals surface area contributed by atoms with E-state index >= 15 is 0 Å². The molecule has 4 heteroatoms. The molecule has 0 aromatic heterocycles. The van der Waals surface area contributed by atoms with Crippen LogP contribution in [0.3, 0.4) is 0 Å². The second-order valence-electron chi connectivity index (χ2n) is 6.29. The molecule has 0 bridgehead atoms. The van der Waals surface area contributed by atoms with E-state index in [0.29, 0.717) is 24.4 Å². The number of anilines is 1. The zero-order valence-corrected chi connectivity index (χ0v) is 14.2. The summed E-state index contributed by atoms with van der Waals surface area (Å²) in [4.78, 5) is 23.6. The van der Waals surface area contributed by atoms with E-state index in [0.717, 1.165) is 36.2 Å². The number of rotatable bonds is 7. The number of benzene rings is 1. The molecule has 1 atom stereocenters. The van der Waals surface area contributed by atoms with Gasteiger partial charge in [0.25, 0.3) is 5.91 Å². The van der Waals surface area contributed by atoms with E-state index in [-0.39, 0.29) is 11.7 Å². The number of ketones is 1. The number of nitrogens with one attached hydrogen (secondary N) is 2. The molecule has 1 amide bonds. The molecule has 0 fully saturated rings. The molecule has 1 unspecified atom stereocenters. The van der Waals surface area contributed by atoms with Crippen molar-refractivity contribution in [2.45, 2.75) is 46.5 Å². The second-order valence-corrected chi connectivity index (χ2v) is 6.29. The molecule has 1 aromatic rings. The third-order valence-electron chi connectivity index (χ3n) is 4.53. The first-order chi connectivity index (χ1) is 11.0. The largest absolute Gasteiger partial charge is 0.359 e. The molecule has 2 N–H and O–H groups in total. The predicted molar refractivity (Wildman–Crippen MR) is 93.4 cm³/mol. The van der Waals surface area contributed by atoms with Gasteiger partial charge in [0.2, 0.25) is 0 Å². The Balaban J connectivity index is 1.89. The molecule has 23 heavy (non-hydrogen) atoms. The fraction of sp³-hybridized carbons (Fsp3) is 0.474. The summed E-state index contributed by atoms with van der Waals surface area (Å²) in [6.07, 6.45) is 3.49. The molecule has 1 aliphatic rings. The monoisotopic (exact) mass is 314 g/mol. The van der Waals surface area contributed by atoms with Crippen molar-refractivity contribution in [3.63, 3.8) is 0 Å². The van der Waals surface area contributed by atoms with Crippen molar-refractivity contribution in [3.05, 3.63) is 41.1 Å². The highest BCUT2D eigenvalue weighted by Gasteiger charge is 2.19. The highest BCUT2D eigenvalue weighted by Crippen LogP contribution is 2.24. The number of hydrogen-bond acceptors (Lipinski definition) is 3. The van der Waals surface area contributed by atoms with Crippen LogP contribution in [-0.2, 0) is 4.79 Å². The molecular formula is C19H26N2O2. The Labute approximate surface area is 138 Å². The van der Waals surface area contributed by atoms with Crippen LogP contribution in [-0.4, -0.2) is 18.2 Å². The lowest BCUT2D eigenvalue weighted by atomic mass is 10.1. The van der Waals surface area contributed by atoms with Gasteiger partial charge in [-0.2, -0.15) is 0 Å². The minimum Gasteiger partial charge on any atom is -0.359 e. The molecule has 0 radical (unpaired) electrons. The average Bonchev–Trinajstić information content (AvgIpc) is 2.87. The summed E-state index contributed by atoms with van der Waals surface area (Å²) >= 11 is 0. The number of carbonyl (C=O) groups is 2. The standard InChI is InChI=1S/C19H26N2O2/c1-4-13(2)11-12-20-19(23)15-5-7-16(8-6-15)21-17-9-10-18(22)14(17)3/h5-8,13,21H,4,9-12H2,1-3H3,(H,20,23). The van der Waals surface area contributed by atoms with Crippen molar-refractivity contribution in [2.75, 3.05) is 11.9 Å². The van der Waals surface area contributed by atoms with Crippen molar-refractivity contribution in [1.29, 1.82) is 0 Å². The molecule has 4 nitrogen and oxygen atoms in total. The van der Waals surface area contributed by atoms with E-state index in [4.69, 9.17) is 0 Å². The van der Waals surface area contributed by atoms with Gasteiger partial charge in [-0.1, -0.05) is 20.3 Å². The fourth-order valence-electron chi connectivity index (χ4n) is 2.56. The fourth-order valence-corrected chi connectivity index (χ4v) is 2.56. The molecule has 124 valence electrons. The van der Waals surface area contributed by atoms with E-state index in [2.05, 4.69) is 24.5 Å². The Kier molecular flexibility index (Phi) is 5.97. The van der Waals surface area contributed by atoms with Crippen LogP contribution in [0, 0.1) is 5.92 Å². The van der Waals surface area contributed by atoms with Crippen LogP contribution >= 0.6 is 0 Å². The summed E-state index contributed by atoms with van der Waals surface area (Å²) in [5, 5.41) is 6.24. The van der Waals surface area contributed by atoms with E-state index in [9.17, 15) is 9.59 Å². The van der Waals surface area contributed by atoms with Gasteiger partial charge in [0, 0.05) is 35.5 Å². The Morgan fingerprint density at radius 2 is 1.91 bits per heavy atom. The van der Waals surface area contributed by atoms with E-state index in [1.807, 2.05) is 31.2 Å². The van der Waals surface area contributed by atoms with Gasteiger partial charge in [-0.3, -0.25) is 9.59 Å². The lowest BCUT2D eigenvalue weighted by Crippen LogP contribution is -2.25. The maximum absolute atomic E-state index is 12.1. The topological polar surface area (TPSA) is 58.2 Å². The number of Topliss-reactive ketones (excluding diaryl/α,β-unsaturated/α-hetero) is 1. The van der Waals surface area contributed by atoms with Gasteiger partial charge in [-0.25, -0.2) is 0 Å². The number of amides is 1. The molecule has 2 rings (SSSR count). The average molecular weight is 314 g/mol. The highest BCUT2D eigenvalue weighted by atomic mass is 16.1. The first-order valence-electron chi connectivity index (χ1n) is 8.39. The smallest absolute Gasteiger partial charge is 0.251 e. The van der Waals surface area contributed by atoms with Crippen molar-refractivity contribution in [3.8, 4) is 0 Å². The SMILES string of the molecule is CCC(C)CCNC(=O)c1ccc(NC2=C(C)C(=O)CC2)cc1. The molecule has 0 spiro atoms. The van der Waals surface area contributed by atoms with Crippen LogP contribution in [0.25, 0.3) is 0 Å². The third kappa shape index (κ3) is 4.68. The summed E-state index contributed by atoms with van der Waals surface area (Å²) in [6.45, 7) is 6.92. The lowest BCUT2D eigenvalue weighted by molar-refractivity contribution is -0.114. The summed E-state index contributed by atoms with van der Waals surface area (Å²) in [5.74, 6) is 0.809. The Morgan fingerprint density at radius 3 is 2.48 bits per heavy atom. The van der Waals surface area contributed by atoms with Crippen LogP contribution in [0.4, 0.5) is 5.69 Å². The van der Waals surface area contributed by atoms with Crippen molar-refractivity contribution in [2.24, 2.45) is 5.92 Å². The lowest BCUT2D eigenvalue weighted by Gasteiger charge is -2.11. The molecule has 1 aromatic carbocycles.